The minimum atomic E-state index is -1.05. The van der Waals surface area contributed by atoms with Gasteiger partial charge in [0.2, 0.25) is 0 Å². The van der Waals surface area contributed by atoms with E-state index < -0.39 is 18.7 Å². The Bertz CT molecular complexity index is 977. The predicted octanol–water partition coefficient (Wildman–Crippen LogP) is 3.87. The van der Waals surface area contributed by atoms with Gasteiger partial charge in [0.25, 0.3) is 0 Å². The minimum Gasteiger partial charge on any atom is -0.493 e. The standard InChI is InChI=1S/C26H33NO7/c1-27-14-5-4-9-21(27)26(30)34-22(19-7-6-8-20(16-19)33-17-25(28)29)12-10-18-11-13-23(31-2)24(15-18)32-3/h6-8,11,13,15-16,21-22H,4-5,9-10,12,14,17H2,1-3H3,(H,28,29)/t21-,22+/m0/s1. The molecule has 2 aromatic rings. The molecule has 2 aromatic carbocycles. The van der Waals surface area contributed by atoms with Gasteiger partial charge < -0.3 is 24.1 Å². The average molecular weight is 472 g/mol. The van der Waals surface area contributed by atoms with Gasteiger partial charge in [0.1, 0.15) is 17.9 Å². The van der Waals surface area contributed by atoms with Gasteiger partial charge in [0, 0.05) is 0 Å². The van der Waals surface area contributed by atoms with Gasteiger partial charge in [-0.25, -0.2) is 4.79 Å². The maximum Gasteiger partial charge on any atom is 0.341 e. The number of aliphatic carboxylic acids is 1. The second-order valence-electron chi connectivity index (χ2n) is 8.40. The number of likely N-dealkylation sites (tertiary alicyclic amines) is 1. The van der Waals surface area contributed by atoms with Gasteiger partial charge >= 0.3 is 11.9 Å². The molecule has 0 amide bonds. The Balaban J connectivity index is 1.79. The highest BCUT2D eigenvalue weighted by Crippen LogP contribution is 2.31. The number of nitrogens with zero attached hydrogens (tertiary/aromatic N) is 1. The van der Waals surface area contributed by atoms with Crippen molar-refractivity contribution in [2.75, 3.05) is 34.4 Å². The van der Waals surface area contributed by atoms with Gasteiger partial charge in [0.15, 0.2) is 18.1 Å². The first-order valence-corrected chi connectivity index (χ1v) is 11.5. The van der Waals surface area contributed by atoms with Crippen LogP contribution in [0.3, 0.4) is 0 Å². The SMILES string of the molecule is COc1ccc(CC[C@@H](OC(=O)[C@@H]2CCCCN2C)c2cccc(OCC(=O)O)c2)cc1OC. The molecule has 0 saturated carbocycles. The Kier molecular flexibility index (Phi) is 9.16. The molecule has 34 heavy (non-hydrogen) atoms. The third-order valence-corrected chi connectivity index (χ3v) is 6.04. The summed E-state index contributed by atoms with van der Waals surface area (Å²) < 4.78 is 22.1. The smallest absolute Gasteiger partial charge is 0.341 e. The molecule has 1 fully saturated rings. The third kappa shape index (κ3) is 6.87. The summed E-state index contributed by atoms with van der Waals surface area (Å²) in [4.78, 5) is 26.0. The number of esters is 1. The summed E-state index contributed by atoms with van der Waals surface area (Å²) in [5.41, 5.74) is 1.78. The number of carbonyl (C=O) groups excluding carboxylic acids is 1. The lowest BCUT2D eigenvalue weighted by Crippen LogP contribution is -2.43. The fourth-order valence-corrected chi connectivity index (χ4v) is 4.17. The molecule has 0 aliphatic carbocycles. The number of ether oxygens (including phenoxy) is 4. The van der Waals surface area contributed by atoms with Crippen LogP contribution in [0.25, 0.3) is 0 Å². The monoisotopic (exact) mass is 471 g/mol. The van der Waals surface area contributed by atoms with Crippen LogP contribution >= 0.6 is 0 Å². The van der Waals surface area contributed by atoms with Gasteiger partial charge in [-0.15, -0.1) is 0 Å². The molecule has 2 atom stereocenters. The van der Waals surface area contributed by atoms with Crippen molar-refractivity contribution in [2.24, 2.45) is 0 Å². The number of piperidine rings is 1. The first-order chi connectivity index (χ1) is 16.4. The van der Waals surface area contributed by atoms with Gasteiger partial charge in [-0.3, -0.25) is 9.69 Å². The molecule has 3 rings (SSSR count). The summed E-state index contributed by atoms with van der Waals surface area (Å²) in [6, 6.07) is 12.5. The van der Waals surface area contributed by atoms with Crippen LogP contribution in [0.2, 0.25) is 0 Å². The fourth-order valence-electron chi connectivity index (χ4n) is 4.17. The van der Waals surface area contributed by atoms with Crippen molar-refractivity contribution >= 4 is 11.9 Å². The predicted molar refractivity (Wildman–Crippen MR) is 127 cm³/mol. The van der Waals surface area contributed by atoms with Crippen molar-refractivity contribution in [2.45, 2.75) is 44.2 Å². The van der Waals surface area contributed by atoms with Crippen molar-refractivity contribution in [3.05, 3.63) is 53.6 Å². The fraction of sp³-hybridized carbons (Fsp3) is 0.462. The molecular formula is C26H33NO7. The zero-order chi connectivity index (χ0) is 24.5. The number of benzene rings is 2. The Labute approximate surface area is 200 Å². The number of hydrogen-bond acceptors (Lipinski definition) is 7. The Hall–Kier alpha value is -3.26. The molecule has 1 aliphatic rings. The highest BCUT2D eigenvalue weighted by atomic mass is 16.5. The average Bonchev–Trinajstić information content (AvgIpc) is 2.85. The lowest BCUT2D eigenvalue weighted by Gasteiger charge is -2.32. The van der Waals surface area contributed by atoms with E-state index in [9.17, 15) is 9.59 Å². The highest BCUT2D eigenvalue weighted by molar-refractivity contribution is 5.76. The molecule has 1 aliphatic heterocycles. The first-order valence-electron chi connectivity index (χ1n) is 11.5. The van der Waals surface area contributed by atoms with Gasteiger partial charge in [-0.2, -0.15) is 0 Å². The van der Waals surface area contributed by atoms with Crippen LogP contribution in [-0.4, -0.2) is 62.4 Å². The minimum absolute atomic E-state index is 0.239. The number of aryl methyl sites for hydroxylation is 1. The van der Waals surface area contributed by atoms with E-state index in [4.69, 9.17) is 24.1 Å². The van der Waals surface area contributed by atoms with E-state index in [1.807, 2.05) is 36.2 Å². The van der Waals surface area contributed by atoms with E-state index in [1.165, 1.54) is 0 Å². The highest BCUT2D eigenvalue weighted by Gasteiger charge is 2.30. The number of carboxylic acids is 1. The van der Waals surface area contributed by atoms with Crippen LogP contribution in [-0.2, 0) is 20.7 Å². The molecule has 0 unspecified atom stereocenters. The Morgan fingerprint density at radius 1 is 1.09 bits per heavy atom. The zero-order valence-corrected chi connectivity index (χ0v) is 20.0. The summed E-state index contributed by atoms with van der Waals surface area (Å²) in [5, 5.41) is 8.91. The van der Waals surface area contributed by atoms with Crippen molar-refractivity contribution < 1.29 is 33.6 Å². The number of carboxylic acid groups (broad SMARTS) is 1. The van der Waals surface area contributed by atoms with E-state index in [-0.39, 0.29) is 12.0 Å². The summed E-state index contributed by atoms with van der Waals surface area (Å²) >= 11 is 0. The lowest BCUT2D eigenvalue weighted by molar-refractivity contribution is -0.157. The molecule has 8 nitrogen and oxygen atoms in total. The van der Waals surface area contributed by atoms with Crippen LogP contribution in [0.5, 0.6) is 17.2 Å². The van der Waals surface area contributed by atoms with Crippen LogP contribution in [0.4, 0.5) is 0 Å². The van der Waals surface area contributed by atoms with Crippen molar-refractivity contribution in [3.8, 4) is 17.2 Å². The largest absolute Gasteiger partial charge is 0.493 e. The first kappa shape index (κ1) is 25.4. The van der Waals surface area contributed by atoms with Crippen LogP contribution in [0.1, 0.15) is 42.9 Å². The normalized spacial score (nSPS) is 17.0. The third-order valence-electron chi connectivity index (χ3n) is 6.04. The summed E-state index contributed by atoms with van der Waals surface area (Å²) in [6.45, 7) is 0.432. The molecular weight excluding hydrogens is 438 g/mol. The topological polar surface area (TPSA) is 94.5 Å². The van der Waals surface area contributed by atoms with Crippen LogP contribution < -0.4 is 14.2 Å². The molecule has 1 saturated heterocycles. The Morgan fingerprint density at radius 3 is 2.59 bits per heavy atom. The van der Waals surface area contributed by atoms with Crippen LogP contribution in [0, 0.1) is 0 Å². The second-order valence-corrected chi connectivity index (χ2v) is 8.40. The summed E-state index contributed by atoms with van der Waals surface area (Å²) in [6.07, 6.45) is 3.52. The van der Waals surface area contributed by atoms with Gasteiger partial charge in [-0.1, -0.05) is 24.6 Å². The van der Waals surface area contributed by atoms with E-state index in [1.54, 1.807) is 32.4 Å². The van der Waals surface area contributed by atoms with E-state index in [2.05, 4.69) is 0 Å². The number of rotatable bonds is 11. The maximum absolute atomic E-state index is 13.1. The molecule has 184 valence electrons. The van der Waals surface area contributed by atoms with Gasteiger partial charge in [-0.05, 0) is 74.7 Å². The molecule has 0 spiro atoms. The molecule has 0 aromatic heterocycles. The van der Waals surface area contributed by atoms with E-state index in [0.717, 1.165) is 36.9 Å². The number of likely N-dealkylation sites (N-methyl/N-ethyl adjacent to an activating group) is 1. The molecule has 1 heterocycles. The molecule has 8 heteroatoms. The zero-order valence-electron chi connectivity index (χ0n) is 20.0. The number of hydrogen-bond donors (Lipinski definition) is 1. The Morgan fingerprint density at radius 2 is 1.88 bits per heavy atom. The number of carbonyl (C=O) groups is 2. The van der Waals surface area contributed by atoms with Crippen molar-refractivity contribution in [1.82, 2.24) is 4.90 Å². The lowest BCUT2D eigenvalue weighted by atomic mass is 9.99. The maximum atomic E-state index is 13.1. The molecule has 1 N–H and O–H groups in total. The van der Waals surface area contributed by atoms with Crippen LogP contribution in [0.15, 0.2) is 42.5 Å². The molecule has 0 radical (unpaired) electrons. The van der Waals surface area contributed by atoms with Crippen molar-refractivity contribution in [3.63, 3.8) is 0 Å². The summed E-state index contributed by atoms with van der Waals surface area (Å²) in [5.74, 6) is 0.416. The van der Waals surface area contributed by atoms with E-state index in [0.29, 0.717) is 30.1 Å². The second kappa shape index (κ2) is 12.3. The van der Waals surface area contributed by atoms with Crippen molar-refractivity contribution in [1.29, 1.82) is 0 Å². The molecule has 0 bridgehead atoms. The van der Waals surface area contributed by atoms with E-state index >= 15 is 0 Å². The summed E-state index contributed by atoms with van der Waals surface area (Å²) in [7, 11) is 5.13. The number of methoxy groups -OCH3 is 2. The van der Waals surface area contributed by atoms with Gasteiger partial charge in [0.05, 0.1) is 14.2 Å². The quantitative estimate of drug-likeness (QED) is 0.494.